The molecule has 3 aromatic rings. The van der Waals surface area contributed by atoms with Crippen molar-refractivity contribution in [3.63, 3.8) is 0 Å². The van der Waals surface area contributed by atoms with Crippen molar-refractivity contribution < 1.29 is 0 Å². The Bertz CT molecular complexity index is 916. The number of hydrogen-bond donors (Lipinski definition) is 0. The maximum atomic E-state index is 4.70. The summed E-state index contributed by atoms with van der Waals surface area (Å²) in [6, 6.07) is 15.3. The summed E-state index contributed by atoms with van der Waals surface area (Å²) >= 11 is 0. The standard InChI is InChI=1S/C22H26N6/c1-2-10-19(11-3-1)28-22(24-25-26-28)21(20-12-6-7-14-23-20)27-15-13-17-8-4-5-9-18(17)16-27/h4-9,12,14,19,21H,1-3,10-11,13,15-16H2/t21-/m0/s1. The second-order valence-corrected chi connectivity index (χ2v) is 7.92. The molecule has 0 radical (unpaired) electrons. The second kappa shape index (κ2) is 7.80. The van der Waals surface area contributed by atoms with Gasteiger partial charge in [-0.2, -0.15) is 0 Å². The smallest absolute Gasteiger partial charge is 0.174 e. The van der Waals surface area contributed by atoms with Crippen LogP contribution in [0, 0.1) is 0 Å². The number of nitrogens with zero attached hydrogens (tertiary/aromatic N) is 6. The van der Waals surface area contributed by atoms with Crippen LogP contribution in [0.4, 0.5) is 0 Å². The molecule has 1 saturated carbocycles. The molecular formula is C22H26N6. The molecule has 1 aliphatic carbocycles. The number of pyridine rings is 1. The molecule has 1 atom stereocenters. The maximum Gasteiger partial charge on any atom is 0.174 e. The fraction of sp³-hybridized carbons (Fsp3) is 0.455. The predicted octanol–water partition coefficient (Wildman–Crippen LogP) is 3.72. The van der Waals surface area contributed by atoms with Crippen LogP contribution in [0.1, 0.15) is 66.8 Å². The van der Waals surface area contributed by atoms with E-state index in [9.17, 15) is 0 Å². The lowest BCUT2D eigenvalue weighted by molar-refractivity contribution is 0.184. The van der Waals surface area contributed by atoms with E-state index < -0.39 is 0 Å². The highest BCUT2D eigenvalue weighted by atomic mass is 15.6. The van der Waals surface area contributed by atoms with Gasteiger partial charge in [-0.05, 0) is 52.9 Å². The highest BCUT2D eigenvalue weighted by molar-refractivity contribution is 5.30. The zero-order valence-corrected chi connectivity index (χ0v) is 16.1. The molecule has 1 aliphatic heterocycles. The van der Waals surface area contributed by atoms with Gasteiger partial charge in [-0.1, -0.05) is 49.6 Å². The lowest BCUT2D eigenvalue weighted by Gasteiger charge is -2.35. The minimum atomic E-state index is -0.0218. The Kier molecular flexibility index (Phi) is 4.87. The topological polar surface area (TPSA) is 59.7 Å². The van der Waals surface area contributed by atoms with Crippen molar-refractivity contribution in [3.05, 3.63) is 71.3 Å². The van der Waals surface area contributed by atoms with Gasteiger partial charge in [0.1, 0.15) is 6.04 Å². The third-order valence-corrected chi connectivity index (χ3v) is 6.18. The Hall–Kier alpha value is -2.60. The van der Waals surface area contributed by atoms with Crippen LogP contribution in [0.15, 0.2) is 48.7 Å². The zero-order valence-electron chi connectivity index (χ0n) is 16.1. The van der Waals surface area contributed by atoms with Crippen molar-refractivity contribution in [2.45, 2.75) is 57.2 Å². The molecule has 0 saturated heterocycles. The monoisotopic (exact) mass is 374 g/mol. The Morgan fingerprint density at radius 3 is 2.57 bits per heavy atom. The molecule has 0 spiro atoms. The summed E-state index contributed by atoms with van der Waals surface area (Å²) in [6.45, 7) is 1.88. The summed E-state index contributed by atoms with van der Waals surface area (Å²) in [7, 11) is 0. The van der Waals surface area contributed by atoms with Crippen LogP contribution in [-0.4, -0.2) is 36.6 Å². The van der Waals surface area contributed by atoms with Gasteiger partial charge in [-0.15, -0.1) is 5.10 Å². The lowest BCUT2D eigenvalue weighted by Crippen LogP contribution is -2.37. The lowest BCUT2D eigenvalue weighted by atomic mass is 9.94. The van der Waals surface area contributed by atoms with Crippen molar-refractivity contribution in [1.29, 1.82) is 0 Å². The molecule has 0 unspecified atom stereocenters. The molecule has 6 nitrogen and oxygen atoms in total. The van der Waals surface area contributed by atoms with Gasteiger partial charge >= 0.3 is 0 Å². The normalized spacial score (nSPS) is 19.3. The van der Waals surface area contributed by atoms with Gasteiger partial charge in [0.15, 0.2) is 5.82 Å². The molecule has 6 heteroatoms. The first kappa shape index (κ1) is 17.5. The van der Waals surface area contributed by atoms with Gasteiger partial charge in [0.2, 0.25) is 0 Å². The summed E-state index contributed by atoms with van der Waals surface area (Å²) in [5.74, 6) is 0.935. The number of fused-ring (bicyclic) bond motifs is 1. The first-order valence-electron chi connectivity index (χ1n) is 10.4. The number of hydrogen-bond acceptors (Lipinski definition) is 5. The Balaban J connectivity index is 1.53. The van der Waals surface area contributed by atoms with E-state index in [1.54, 1.807) is 0 Å². The zero-order chi connectivity index (χ0) is 18.8. The van der Waals surface area contributed by atoms with E-state index >= 15 is 0 Å². The summed E-state index contributed by atoms with van der Waals surface area (Å²) in [5, 5.41) is 13.0. The van der Waals surface area contributed by atoms with E-state index in [-0.39, 0.29) is 6.04 Å². The summed E-state index contributed by atoms with van der Waals surface area (Å²) < 4.78 is 2.10. The molecule has 144 valence electrons. The number of tetrazole rings is 1. The predicted molar refractivity (Wildman–Crippen MR) is 107 cm³/mol. The van der Waals surface area contributed by atoms with E-state index in [1.807, 2.05) is 12.3 Å². The van der Waals surface area contributed by atoms with Gasteiger partial charge in [0.05, 0.1) is 11.7 Å². The van der Waals surface area contributed by atoms with E-state index in [2.05, 4.69) is 61.5 Å². The molecule has 2 aliphatic rings. The minimum absolute atomic E-state index is 0.0218. The van der Waals surface area contributed by atoms with Crippen LogP contribution < -0.4 is 0 Å². The third kappa shape index (κ3) is 3.33. The van der Waals surface area contributed by atoms with Crippen LogP contribution in [0.25, 0.3) is 0 Å². The van der Waals surface area contributed by atoms with E-state index in [4.69, 9.17) is 4.98 Å². The molecular weight excluding hydrogens is 348 g/mol. The van der Waals surface area contributed by atoms with Crippen LogP contribution in [-0.2, 0) is 13.0 Å². The SMILES string of the molecule is c1ccc([C@@H](c2nnnn2C2CCCCC2)N2CCc3ccccc3C2)nc1. The van der Waals surface area contributed by atoms with Crippen molar-refractivity contribution in [2.24, 2.45) is 0 Å². The van der Waals surface area contributed by atoms with Crippen molar-refractivity contribution in [1.82, 2.24) is 30.1 Å². The first-order valence-corrected chi connectivity index (χ1v) is 10.4. The molecule has 5 rings (SSSR count). The number of rotatable bonds is 4. The molecule has 1 fully saturated rings. The highest BCUT2D eigenvalue weighted by Crippen LogP contribution is 2.34. The van der Waals surface area contributed by atoms with E-state index in [0.29, 0.717) is 6.04 Å². The quantitative estimate of drug-likeness (QED) is 0.696. The Morgan fingerprint density at radius 1 is 0.929 bits per heavy atom. The minimum Gasteiger partial charge on any atom is -0.284 e. The summed E-state index contributed by atoms with van der Waals surface area (Å²) in [6.07, 6.45) is 9.08. The van der Waals surface area contributed by atoms with Gasteiger partial charge in [-0.25, -0.2) is 4.68 Å². The summed E-state index contributed by atoms with van der Waals surface area (Å²) in [4.78, 5) is 7.18. The fourth-order valence-electron chi connectivity index (χ4n) is 4.72. The average Bonchev–Trinajstić information content (AvgIpc) is 3.25. The maximum absolute atomic E-state index is 4.70. The molecule has 0 N–H and O–H groups in total. The molecule has 2 aromatic heterocycles. The molecule has 1 aromatic carbocycles. The van der Waals surface area contributed by atoms with E-state index in [1.165, 1.54) is 30.4 Å². The summed E-state index contributed by atoms with van der Waals surface area (Å²) in [5.41, 5.74) is 3.87. The highest BCUT2D eigenvalue weighted by Gasteiger charge is 2.33. The van der Waals surface area contributed by atoms with Crippen LogP contribution in [0.5, 0.6) is 0 Å². The Labute approximate surface area is 165 Å². The molecule has 0 bridgehead atoms. The number of aromatic nitrogens is 5. The van der Waals surface area contributed by atoms with Crippen molar-refractivity contribution in [2.75, 3.05) is 6.54 Å². The average molecular weight is 374 g/mol. The molecule has 0 amide bonds. The largest absolute Gasteiger partial charge is 0.284 e. The second-order valence-electron chi connectivity index (χ2n) is 7.92. The van der Waals surface area contributed by atoms with Gasteiger partial charge in [0.25, 0.3) is 0 Å². The third-order valence-electron chi connectivity index (χ3n) is 6.18. The van der Waals surface area contributed by atoms with Crippen LogP contribution >= 0.6 is 0 Å². The van der Waals surface area contributed by atoms with Gasteiger partial charge < -0.3 is 0 Å². The molecule has 3 heterocycles. The fourth-order valence-corrected chi connectivity index (χ4v) is 4.72. The molecule has 28 heavy (non-hydrogen) atoms. The first-order chi connectivity index (χ1) is 13.9. The van der Waals surface area contributed by atoms with Gasteiger partial charge in [0, 0.05) is 19.3 Å². The van der Waals surface area contributed by atoms with Crippen molar-refractivity contribution >= 4 is 0 Å². The van der Waals surface area contributed by atoms with Gasteiger partial charge in [-0.3, -0.25) is 9.88 Å². The Morgan fingerprint density at radius 2 is 1.75 bits per heavy atom. The van der Waals surface area contributed by atoms with Crippen LogP contribution in [0.3, 0.4) is 0 Å². The van der Waals surface area contributed by atoms with E-state index in [0.717, 1.165) is 43.9 Å². The van der Waals surface area contributed by atoms with Crippen molar-refractivity contribution in [3.8, 4) is 0 Å². The van der Waals surface area contributed by atoms with Crippen LogP contribution in [0.2, 0.25) is 0 Å². The number of benzene rings is 1.